The number of rotatable bonds is 5. The van der Waals surface area contributed by atoms with E-state index in [0.29, 0.717) is 6.61 Å². The van der Waals surface area contributed by atoms with Crippen molar-refractivity contribution in [3.8, 4) is 5.75 Å². The normalized spacial score (nSPS) is 20.1. The van der Waals surface area contributed by atoms with Gasteiger partial charge in [0.2, 0.25) is 0 Å². The number of ether oxygens (including phenoxy) is 3. The first-order chi connectivity index (χ1) is 10.9. The molecule has 7 heteroatoms. The molecule has 4 nitrogen and oxygen atoms in total. The molecule has 1 aromatic carbocycles. The number of carbonyl (C=O) groups is 1. The Labute approximate surface area is 132 Å². The molecule has 2 unspecified atom stereocenters. The molecule has 0 spiro atoms. The highest BCUT2D eigenvalue weighted by Gasteiger charge is 2.35. The van der Waals surface area contributed by atoms with Crippen molar-refractivity contribution >= 4 is 5.97 Å². The Morgan fingerprint density at radius 1 is 1.35 bits per heavy atom. The molecule has 1 saturated heterocycles. The van der Waals surface area contributed by atoms with Crippen molar-refractivity contribution < 1.29 is 32.2 Å². The largest absolute Gasteiger partial charge is 0.424 e. The van der Waals surface area contributed by atoms with Crippen molar-refractivity contribution in [2.75, 3.05) is 13.2 Å². The van der Waals surface area contributed by atoms with Gasteiger partial charge in [-0.15, -0.1) is 0 Å². The molecule has 2 rings (SSSR count). The summed E-state index contributed by atoms with van der Waals surface area (Å²) in [6.45, 7) is 2.32. The van der Waals surface area contributed by atoms with Crippen molar-refractivity contribution in [1.29, 1.82) is 0 Å². The van der Waals surface area contributed by atoms with Crippen LogP contribution in [0, 0.1) is 0 Å². The molecular formula is C16H19F3O4. The second-order valence-corrected chi connectivity index (χ2v) is 5.38. The second kappa shape index (κ2) is 7.79. The van der Waals surface area contributed by atoms with Gasteiger partial charge >= 0.3 is 12.1 Å². The van der Waals surface area contributed by atoms with Crippen LogP contribution in [0.2, 0.25) is 0 Å². The van der Waals surface area contributed by atoms with Crippen LogP contribution in [0.1, 0.15) is 31.7 Å². The Bertz CT molecular complexity index is 524. The topological polar surface area (TPSA) is 44.8 Å². The Kier molecular flexibility index (Phi) is 6.01. The van der Waals surface area contributed by atoms with E-state index in [0.717, 1.165) is 31.4 Å². The summed E-state index contributed by atoms with van der Waals surface area (Å²) in [6, 6.07) is 4.58. The summed E-state index contributed by atoms with van der Waals surface area (Å²) >= 11 is 0. The third-order valence-electron chi connectivity index (χ3n) is 3.54. The molecule has 1 fully saturated rings. The monoisotopic (exact) mass is 332 g/mol. The standard InChI is InChI=1S/C16H19F3O4/c1-11(22-10-12-6-4-5-9-21-12)15(20)23-14-8-3-2-7-13(14)16(17,18)19/h2-3,7-8,11-12H,4-6,9-10H2,1H3. The van der Waals surface area contributed by atoms with Crippen LogP contribution in [0.4, 0.5) is 13.2 Å². The Morgan fingerprint density at radius 3 is 2.74 bits per heavy atom. The third-order valence-corrected chi connectivity index (χ3v) is 3.54. The van der Waals surface area contributed by atoms with Gasteiger partial charge in [-0.2, -0.15) is 13.2 Å². The molecule has 0 N–H and O–H groups in total. The summed E-state index contributed by atoms with van der Waals surface area (Å²) in [4.78, 5) is 11.9. The summed E-state index contributed by atoms with van der Waals surface area (Å²) in [5.74, 6) is -1.38. The van der Waals surface area contributed by atoms with Crippen LogP contribution in [-0.4, -0.2) is 31.4 Å². The predicted molar refractivity (Wildman–Crippen MR) is 76.1 cm³/mol. The molecule has 2 atom stereocenters. The molecule has 1 aliphatic heterocycles. The van der Waals surface area contributed by atoms with E-state index >= 15 is 0 Å². The smallest absolute Gasteiger partial charge is 0.419 e. The van der Waals surface area contributed by atoms with Crippen molar-refractivity contribution in [3.05, 3.63) is 29.8 Å². The van der Waals surface area contributed by atoms with E-state index in [9.17, 15) is 18.0 Å². The molecule has 0 radical (unpaired) electrons. The Balaban J connectivity index is 1.91. The van der Waals surface area contributed by atoms with Crippen molar-refractivity contribution in [3.63, 3.8) is 0 Å². The minimum Gasteiger partial charge on any atom is -0.424 e. The van der Waals surface area contributed by atoms with Gasteiger partial charge in [-0.05, 0) is 38.3 Å². The van der Waals surface area contributed by atoms with Crippen molar-refractivity contribution in [2.24, 2.45) is 0 Å². The van der Waals surface area contributed by atoms with Crippen molar-refractivity contribution in [2.45, 2.75) is 44.6 Å². The molecule has 0 aromatic heterocycles. The lowest BCUT2D eigenvalue weighted by Crippen LogP contribution is -2.32. The fraction of sp³-hybridized carbons (Fsp3) is 0.562. The molecule has 1 aromatic rings. The summed E-state index contributed by atoms with van der Waals surface area (Å²) in [5.41, 5.74) is -0.990. The van der Waals surface area contributed by atoms with E-state index in [1.54, 1.807) is 0 Å². The zero-order valence-electron chi connectivity index (χ0n) is 12.8. The first-order valence-electron chi connectivity index (χ1n) is 7.49. The van der Waals surface area contributed by atoms with Crippen molar-refractivity contribution in [1.82, 2.24) is 0 Å². The molecule has 0 bridgehead atoms. The fourth-order valence-electron chi connectivity index (χ4n) is 2.24. The van der Waals surface area contributed by atoms with E-state index < -0.39 is 29.6 Å². The molecule has 0 saturated carbocycles. The zero-order chi connectivity index (χ0) is 16.9. The SMILES string of the molecule is CC(OCC1CCCCO1)C(=O)Oc1ccccc1C(F)(F)F. The van der Waals surface area contributed by atoms with E-state index in [4.69, 9.17) is 14.2 Å². The average Bonchev–Trinajstić information content (AvgIpc) is 2.53. The van der Waals surface area contributed by atoms with Gasteiger partial charge in [0.05, 0.1) is 18.3 Å². The van der Waals surface area contributed by atoms with E-state index in [1.807, 2.05) is 0 Å². The van der Waals surface area contributed by atoms with Gasteiger partial charge in [0, 0.05) is 6.61 Å². The highest BCUT2D eigenvalue weighted by atomic mass is 19.4. The highest BCUT2D eigenvalue weighted by molar-refractivity contribution is 5.77. The quantitative estimate of drug-likeness (QED) is 0.611. The summed E-state index contributed by atoms with van der Waals surface area (Å²) < 4.78 is 54.2. The minimum absolute atomic E-state index is 0.0820. The second-order valence-electron chi connectivity index (χ2n) is 5.38. The Morgan fingerprint density at radius 2 is 2.09 bits per heavy atom. The summed E-state index contributed by atoms with van der Waals surface area (Å²) in [7, 11) is 0. The van der Waals surface area contributed by atoms with Gasteiger partial charge in [-0.25, -0.2) is 4.79 Å². The minimum atomic E-state index is -4.59. The van der Waals surface area contributed by atoms with Gasteiger partial charge < -0.3 is 14.2 Å². The molecule has 1 heterocycles. The van der Waals surface area contributed by atoms with E-state index in [2.05, 4.69) is 0 Å². The van der Waals surface area contributed by atoms with Gasteiger partial charge in [0.1, 0.15) is 5.75 Å². The molecular weight excluding hydrogens is 313 g/mol. The number of alkyl halides is 3. The number of para-hydroxylation sites is 1. The fourth-order valence-corrected chi connectivity index (χ4v) is 2.24. The number of halogens is 3. The van der Waals surface area contributed by atoms with Gasteiger partial charge in [-0.1, -0.05) is 12.1 Å². The lowest BCUT2D eigenvalue weighted by atomic mass is 10.1. The lowest BCUT2D eigenvalue weighted by molar-refractivity contribution is -0.152. The maximum atomic E-state index is 12.9. The zero-order valence-corrected chi connectivity index (χ0v) is 12.8. The predicted octanol–water partition coefficient (Wildman–Crippen LogP) is 3.59. The lowest BCUT2D eigenvalue weighted by Gasteiger charge is -2.23. The van der Waals surface area contributed by atoms with Gasteiger partial charge in [0.15, 0.2) is 6.10 Å². The van der Waals surface area contributed by atoms with Gasteiger partial charge in [-0.3, -0.25) is 0 Å². The number of hydrogen-bond donors (Lipinski definition) is 0. The molecule has 23 heavy (non-hydrogen) atoms. The van der Waals surface area contributed by atoms with Crippen LogP contribution in [0.5, 0.6) is 5.75 Å². The number of esters is 1. The first kappa shape index (κ1) is 17.7. The molecule has 128 valence electrons. The van der Waals surface area contributed by atoms with Crippen LogP contribution in [0.15, 0.2) is 24.3 Å². The summed E-state index contributed by atoms with van der Waals surface area (Å²) in [5, 5.41) is 0. The Hall–Kier alpha value is -1.60. The molecule has 0 aliphatic carbocycles. The van der Waals surface area contributed by atoms with Crippen LogP contribution in [0.25, 0.3) is 0 Å². The molecule has 0 amide bonds. The highest BCUT2D eigenvalue weighted by Crippen LogP contribution is 2.36. The van der Waals surface area contributed by atoms with E-state index in [1.165, 1.54) is 19.1 Å². The number of benzene rings is 1. The van der Waals surface area contributed by atoms with E-state index in [-0.39, 0.29) is 12.7 Å². The first-order valence-corrected chi connectivity index (χ1v) is 7.49. The summed E-state index contributed by atoms with van der Waals surface area (Å²) in [6.07, 6.45) is -2.76. The number of hydrogen-bond acceptors (Lipinski definition) is 4. The van der Waals surface area contributed by atoms with Crippen LogP contribution in [0.3, 0.4) is 0 Å². The van der Waals surface area contributed by atoms with Crippen LogP contribution in [-0.2, 0) is 20.4 Å². The van der Waals surface area contributed by atoms with Crippen LogP contribution >= 0.6 is 0 Å². The van der Waals surface area contributed by atoms with Gasteiger partial charge in [0.25, 0.3) is 0 Å². The maximum Gasteiger partial charge on any atom is 0.419 e. The molecule has 1 aliphatic rings. The maximum absolute atomic E-state index is 12.9. The third kappa shape index (κ3) is 5.21. The number of carbonyl (C=O) groups excluding carboxylic acids is 1. The van der Waals surface area contributed by atoms with Crippen LogP contribution < -0.4 is 4.74 Å². The average molecular weight is 332 g/mol.